The molecule has 0 saturated carbocycles. The number of aliphatic carboxylic acids is 1. The van der Waals surface area contributed by atoms with E-state index >= 15 is 0 Å². The van der Waals surface area contributed by atoms with Gasteiger partial charge in [0.1, 0.15) is 0 Å². The Labute approximate surface area is 103 Å². The average Bonchev–Trinajstić information content (AvgIpc) is 2.50. The fourth-order valence-electron chi connectivity index (χ4n) is 1.05. The number of rotatable bonds is 5. The molecule has 0 aromatic carbocycles. The van der Waals surface area contributed by atoms with E-state index in [9.17, 15) is 9.00 Å². The van der Waals surface area contributed by atoms with E-state index < -0.39 is 16.8 Å². The van der Waals surface area contributed by atoms with Crippen molar-refractivity contribution in [1.82, 2.24) is 0 Å². The summed E-state index contributed by atoms with van der Waals surface area (Å²) < 4.78 is 12.7. The third-order valence-corrected chi connectivity index (χ3v) is 5.36. The lowest BCUT2D eigenvalue weighted by atomic mass is 10.3. The molecule has 2 unspecified atom stereocenters. The second-order valence-corrected chi connectivity index (χ2v) is 6.93. The number of carbonyl (C=O) groups is 1. The van der Waals surface area contributed by atoms with Crippen LogP contribution >= 0.6 is 27.3 Å². The second-order valence-electron chi connectivity index (χ2n) is 3.16. The summed E-state index contributed by atoms with van der Waals surface area (Å²) in [5, 5.41) is 10.2. The van der Waals surface area contributed by atoms with Gasteiger partial charge in [-0.15, -0.1) is 11.3 Å². The van der Waals surface area contributed by atoms with E-state index in [4.69, 9.17) is 5.11 Å². The lowest BCUT2D eigenvalue weighted by Crippen LogP contribution is -2.16. The third-order valence-electron chi connectivity index (χ3n) is 1.82. The zero-order valence-corrected chi connectivity index (χ0v) is 11.3. The van der Waals surface area contributed by atoms with Gasteiger partial charge >= 0.3 is 5.97 Å². The fraction of sp³-hybridized carbons (Fsp3) is 0.444. The molecule has 0 spiro atoms. The van der Waals surface area contributed by atoms with Gasteiger partial charge < -0.3 is 5.11 Å². The largest absolute Gasteiger partial charge is 0.481 e. The van der Waals surface area contributed by atoms with Gasteiger partial charge in [0.2, 0.25) is 0 Å². The molecule has 0 aliphatic rings. The van der Waals surface area contributed by atoms with Gasteiger partial charge in [0, 0.05) is 30.8 Å². The fourth-order valence-corrected chi connectivity index (χ4v) is 3.88. The van der Waals surface area contributed by atoms with Gasteiger partial charge in [-0.3, -0.25) is 9.00 Å². The topological polar surface area (TPSA) is 54.4 Å². The molecular weight excluding hydrogens is 300 g/mol. The van der Waals surface area contributed by atoms with Gasteiger partial charge in [-0.2, -0.15) is 0 Å². The summed E-state index contributed by atoms with van der Waals surface area (Å²) in [7, 11) is -1.11. The van der Waals surface area contributed by atoms with Crippen molar-refractivity contribution < 1.29 is 14.1 Å². The summed E-state index contributed by atoms with van der Waals surface area (Å²) in [5.41, 5.74) is 0. The number of carboxylic acid groups (broad SMARTS) is 1. The van der Waals surface area contributed by atoms with Crippen LogP contribution in [0.1, 0.15) is 18.2 Å². The summed E-state index contributed by atoms with van der Waals surface area (Å²) in [6.07, 6.45) is -0.0425. The zero-order chi connectivity index (χ0) is 11.4. The molecule has 1 heterocycles. The number of thiophene rings is 1. The molecule has 1 N–H and O–H groups in total. The van der Waals surface area contributed by atoms with Crippen molar-refractivity contribution in [2.45, 2.75) is 24.3 Å². The molecule has 15 heavy (non-hydrogen) atoms. The minimum atomic E-state index is -1.11. The highest BCUT2D eigenvalue weighted by atomic mass is 79.9. The molecule has 0 saturated heterocycles. The van der Waals surface area contributed by atoms with Gasteiger partial charge in [0.05, 0.1) is 12.2 Å². The monoisotopic (exact) mass is 310 g/mol. The van der Waals surface area contributed by atoms with Crippen LogP contribution in [-0.4, -0.2) is 20.5 Å². The molecule has 0 aliphatic carbocycles. The average molecular weight is 311 g/mol. The van der Waals surface area contributed by atoms with Crippen LogP contribution < -0.4 is 0 Å². The molecule has 1 aromatic heterocycles. The van der Waals surface area contributed by atoms with E-state index in [0.29, 0.717) is 5.75 Å². The maximum absolute atomic E-state index is 11.7. The molecule has 0 amide bonds. The molecule has 84 valence electrons. The van der Waals surface area contributed by atoms with Gasteiger partial charge in [-0.25, -0.2) is 0 Å². The molecule has 2 atom stereocenters. The molecule has 0 fully saturated rings. The van der Waals surface area contributed by atoms with Crippen LogP contribution in [0.3, 0.4) is 0 Å². The molecule has 3 nitrogen and oxygen atoms in total. The highest BCUT2D eigenvalue weighted by Crippen LogP contribution is 2.22. The first-order chi connectivity index (χ1) is 6.99. The molecule has 0 bridgehead atoms. The SMILES string of the molecule is CC(CC(=O)O)S(=O)Cc1cc(Br)cs1. The summed E-state index contributed by atoms with van der Waals surface area (Å²) in [5.74, 6) is -0.465. The molecule has 1 rings (SSSR count). The number of carboxylic acids is 1. The van der Waals surface area contributed by atoms with Gasteiger partial charge in [-0.1, -0.05) is 6.92 Å². The Morgan fingerprint density at radius 2 is 2.40 bits per heavy atom. The van der Waals surface area contributed by atoms with Crippen LogP contribution in [0.5, 0.6) is 0 Å². The van der Waals surface area contributed by atoms with Crippen LogP contribution in [0.25, 0.3) is 0 Å². The van der Waals surface area contributed by atoms with Crippen LogP contribution in [0, 0.1) is 0 Å². The van der Waals surface area contributed by atoms with Crippen molar-refractivity contribution in [1.29, 1.82) is 0 Å². The Morgan fingerprint density at radius 3 is 2.87 bits per heavy atom. The standard InChI is InChI=1S/C9H11BrO3S2/c1-6(2-9(11)12)15(13)5-8-3-7(10)4-14-8/h3-4,6H,2,5H2,1H3,(H,11,12). The van der Waals surface area contributed by atoms with E-state index in [1.165, 1.54) is 11.3 Å². The summed E-state index contributed by atoms with van der Waals surface area (Å²) in [6, 6.07) is 1.91. The third kappa shape index (κ3) is 4.44. The van der Waals surface area contributed by atoms with Crippen LogP contribution in [-0.2, 0) is 21.3 Å². The van der Waals surface area contributed by atoms with Gasteiger partial charge in [0.15, 0.2) is 0 Å². The lowest BCUT2D eigenvalue weighted by molar-refractivity contribution is -0.136. The summed E-state index contributed by atoms with van der Waals surface area (Å²) in [6.45, 7) is 1.70. The first kappa shape index (κ1) is 12.9. The van der Waals surface area contributed by atoms with Crippen molar-refractivity contribution in [3.8, 4) is 0 Å². The number of hydrogen-bond acceptors (Lipinski definition) is 3. The maximum atomic E-state index is 11.7. The quantitative estimate of drug-likeness (QED) is 0.909. The van der Waals surface area contributed by atoms with Gasteiger partial charge in [0.25, 0.3) is 0 Å². The van der Waals surface area contributed by atoms with Crippen molar-refractivity contribution in [3.63, 3.8) is 0 Å². The molecule has 1 aromatic rings. The summed E-state index contributed by atoms with van der Waals surface area (Å²) in [4.78, 5) is 11.4. The van der Waals surface area contributed by atoms with Crippen molar-refractivity contribution in [2.24, 2.45) is 0 Å². The number of halogens is 1. The van der Waals surface area contributed by atoms with Crippen LogP contribution in [0.2, 0.25) is 0 Å². The molecular formula is C9H11BrO3S2. The molecule has 0 aliphatic heterocycles. The predicted octanol–water partition coefficient (Wildman–Crippen LogP) is 2.62. The Bertz CT molecular complexity index is 375. The van der Waals surface area contributed by atoms with E-state index in [-0.39, 0.29) is 11.7 Å². The Kier molecular flexibility index (Phi) is 4.95. The normalized spacial score (nSPS) is 14.8. The van der Waals surface area contributed by atoms with Gasteiger partial charge in [-0.05, 0) is 22.0 Å². The summed E-state index contributed by atoms with van der Waals surface area (Å²) >= 11 is 4.84. The smallest absolute Gasteiger partial charge is 0.304 e. The van der Waals surface area contributed by atoms with Crippen molar-refractivity contribution in [2.75, 3.05) is 0 Å². The first-order valence-electron chi connectivity index (χ1n) is 4.31. The Balaban J connectivity index is 2.52. The van der Waals surface area contributed by atoms with Crippen LogP contribution in [0.15, 0.2) is 15.9 Å². The van der Waals surface area contributed by atoms with E-state index in [1.54, 1.807) is 6.92 Å². The first-order valence-corrected chi connectivity index (χ1v) is 7.36. The van der Waals surface area contributed by atoms with E-state index in [0.717, 1.165) is 9.35 Å². The molecule has 6 heteroatoms. The highest BCUT2D eigenvalue weighted by molar-refractivity contribution is 9.10. The Morgan fingerprint density at radius 1 is 1.73 bits per heavy atom. The zero-order valence-electron chi connectivity index (χ0n) is 8.10. The minimum absolute atomic E-state index is 0.0425. The molecule has 0 radical (unpaired) electrons. The lowest BCUT2D eigenvalue weighted by Gasteiger charge is -2.07. The van der Waals surface area contributed by atoms with E-state index in [2.05, 4.69) is 15.9 Å². The predicted molar refractivity (Wildman–Crippen MR) is 65.6 cm³/mol. The highest BCUT2D eigenvalue weighted by Gasteiger charge is 2.15. The van der Waals surface area contributed by atoms with Crippen LogP contribution in [0.4, 0.5) is 0 Å². The van der Waals surface area contributed by atoms with E-state index in [1.807, 2.05) is 11.4 Å². The van der Waals surface area contributed by atoms with Crippen molar-refractivity contribution >= 4 is 44.0 Å². The number of hydrogen-bond donors (Lipinski definition) is 1. The Hall–Kier alpha value is -0.200. The maximum Gasteiger partial charge on any atom is 0.304 e. The second kappa shape index (κ2) is 5.77. The minimum Gasteiger partial charge on any atom is -0.481 e. The van der Waals surface area contributed by atoms with Crippen molar-refractivity contribution in [3.05, 3.63) is 20.8 Å².